The van der Waals surface area contributed by atoms with Gasteiger partial charge in [0.1, 0.15) is 13.7 Å². The summed E-state index contributed by atoms with van der Waals surface area (Å²) in [6.07, 6.45) is 2.16. The Morgan fingerprint density at radius 1 is 1.14 bits per heavy atom. The average molecular weight is 272 g/mol. The molecule has 0 N–H and O–H groups in total. The van der Waals surface area contributed by atoms with Gasteiger partial charge in [-0.1, -0.05) is 35.3 Å². The molecule has 0 bridgehead atoms. The van der Waals surface area contributed by atoms with Crippen LogP contribution in [0.4, 0.5) is 0 Å². The van der Waals surface area contributed by atoms with Crippen LogP contribution in [0.3, 0.4) is 0 Å². The van der Waals surface area contributed by atoms with Crippen molar-refractivity contribution in [3.8, 4) is 0 Å². The van der Waals surface area contributed by atoms with Crippen LogP contribution in [0.2, 0.25) is 0 Å². The van der Waals surface area contributed by atoms with Crippen LogP contribution in [0.15, 0.2) is 36.4 Å². The first-order valence-electron chi connectivity index (χ1n) is 7.47. The van der Waals surface area contributed by atoms with Crippen LogP contribution < -0.4 is 5.46 Å². The molecule has 0 saturated heterocycles. The van der Waals surface area contributed by atoms with Crippen LogP contribution in [0.1, 0.15) is 35.0 Å². The SMILES string of the molecule is [B]c1ccc2nc3n(c2c1)C(c1cc(C)ccc1C)CC3. The highest BCUT2D eigenvalue weighted by molar-refractivity contribution is 6.33. The van der Waals surface area contributed by atoms with Crippen molar-refractivity contribution in [3.63, 3.8) is 0 Å². The Labute approximate surface area is 126 Å². The van der Waals surface area contributed by atoms with Crippen molar-refractivity contribution in [1.82, 2.24) is 9.55 Å². The maximum Gasteiger partial charge on any atom is 0.113 e. The molecule has 0 amide bonds. The van der Waals surface area contributed by atoms with Crippen LogP contribution in [0.5, 0.6) is 0 Å². The number of aromatic nitrogens is 2. The highest BCUT2D eigenvalue weighted by Gasteiger charge is 2.27. The molecule has 21 heavy (non-hydrogen) atoms. The minimum Gasteiger partial charge on any atom is -0.320 e. The third-order valence-electron chi connectivity index (χ3n) is 4.53. The van der Waals surface area contributed by atoms with Gasteiger partial charge in [0.15, 0.2) is 0 Å². The molecule has 1 aliphatic heterocycles. The molecule has 2 aromatic carbocycles. The van der Waals surface area contributed by atoms with E-state index in [2.05, 4.69) is 42.7 Å². The van der Waals surface area contributed by atoms with E-state index in [1.165, 1.54) is 22.5 Å². The van der Waals surface area contributed by atoms with Crippen LogP contribution >= 0.6 is 0 Å². The Bertz CT molecular complexity index is 848. The van der Waals surface area contributed by atoms with E-state index in [9.17, 15) is 0 Å². The van der Waals surface area contributed by atoms with E-state index >= 15 is 0 Å². The summed E-state index contributed by atoms with van der Waals surface area (Å²) >= 11 is 0. The largest absolute Gasteiger partial charge is 0.320 e. The van der Waals surface area contributed by atoms with Crippen molar-refractivity contribution in [2.45, 2.75) is 32.7 Å². The molecule has 0 saturated carbocycles. The second-order valence-electron chi connectivity index (χ2n) is 6.06. The van der Waals surface area contributed by atoms with E-state index in [1.54, 1.807) is 0 Å². The van der Waals surface area contributed by atoms with E-state index in [0.29, 0.717) is 6.04 Å². The second-order valence-corrected chi connectivity index (χ2v) is 6.06. The zero-order chi connectivity index (χ0) is 14.6. The predicted molar refractivity (Wildman–Crippen MR) is 87.5 cm³/mol. The standard InChI is InChI=1S/C18H17BN2/c1-11-3-4-12(2)14(9-11)16-7-8-18-20-15-6-5-13(19)10-17(15)21(16)18/h3-6,9-10,16H,7-8H2,1-2H3. The molecule has 0 fully saturated rings. The van der Waals surface area contributed by atoms with E-state index in [0.717, 1.165) is 29.3 Å². The van der Waals surface area contributed by atoms with Gasteiger partial charge in [-0.05, 0) is 43.5 Å². The third kappa shape index (κ3) is 1.91. The quantitative estimate of drug-likeness (QED) is 0.623. The summed E-state index contributed by atoms with van der Waals surface area (Å²) in [5.74, 6) is 1.18. The van der Waals surface area contributed by atoms with Crippen molar-refractivity contribution < 1.29 is 0 Å². The summed E-state index contributed by atoms with van der Waals surface area (Å²) in [5.41, 5.74) is 7.09. The fraction of sp³-hybridized carbons (Fsp3) is 0.278. The van der Waals surface area contributed by atoms with Gasteiger partial charge < -0.3 is 4.57 Å². The number of fused-ring (bicyclic) bond motifs is 3. The van der Waals surface area contributed by atoms with Crippen LogP contribution in [-0.4, -0.2) is 17.4 Å². The Morgan fingerprint density at radius 3 is 2.86 bits per heavy atom. The second kappa shape index (κ2) is 4.49. The van der Waals surface area contributed by atoms with Gasteiger partial charge in [-0.3, -0.25) is 0 Å². The Hall–Kier alpha value is -2.03. The van der Waals surface area contributed by atoms with Gasteiger partial charge in [-0.2, -0.15) is 0 Å². The van der Waals surface area contributed by atoms with Crippen molar-refractivity contribution >= 4 is 24.3 Å². The highest BCUT2D eigenvalue weighted by atomic mass is 15.1. The highest BCUT2D eigenvalue weighted by Crippen LogP contribution is 2.36. The lowest BCUT2D eigenvalue weighted by atomic mass is 9.95. The van der Waals surface area contributed by atoms with E-state index in [-0.39, 0.29) is 0 Å². The first kappa shape index (κ1) is 12.7. The predicted octanol–water partition coefficient (Wildman–Crippen LogP) is 2.98. The summed E-state index contributed by atoms with van der Waals surface area (Å²) in [7, 11) is 5.97. The minimum atomic E-state index is 0.381. The molecule has 1 aliphatic rings. The summed E-state index contributed by atoms with van der Waals surface area (Å²) < 4.78 is 2.38. The number of benzene rings is 2. The molecule has 102 valence electrons. The Kier molecular flexibility index (Phi) is 2.71. The lowest BCUT2D eigenvalue weighted by Gasteiger charge is -2.18. The van der Waals surface area contributed by atoms with Crippen LogP contribution in [0, 0.1) is 13.8 Å². The van der Waals surface area contributed by atoms with Gasteiger partial charge in [0.25, 0.3) is 0 Å². The van der Waals surface area contributed by atoms with Gasteiger partial charge in [0.05, 0.1) is 17.1 Å². The van der Waals surface area contributed by atoms with Crippen molar-refractivity contribution in [3.05, 3.63) is 58.9 Å². The maximum absolute atomic E-state index is 5.97. The van der Waals surface area contributed by atoms with Gasteiger partial charge in [0.2, 0.25) is 0 Å². The zero-order valence-electron chi connectivity index (χ0n) is 12.4. The number of hydrogen-bond acceptors (Lipinski definition) is 1. The maximum atomic E-state index is 5.97. The molecule has 0 aliphatic carbocycles. The lowest BCUT2D eigenvalue weighted by molar-refractivity contribution is 0.633. The van der Waals surface area contributed by atoms with Gasteiger partial charge in [-0.25, -0.2) is 4.98 Å². The van der Waals surface area contributed by atoms with Crippen molar-refractivity contribution in [1.29, 1.82) is 0 Å². The zero-order valence-corrected chi connectivity index (χ0v) is 12.4. The summed E-state index contributed by atoms with van der Waals surface area (Å²) in [5, 5.41) is 0. The number of aryl methyl sites for hydroxylation is 3. The molecule has 1 unspecified atom stereocenters. The minimum absolute atomic E-state index is 0.381. The molecular weight excluding hydrogens is 255 g/mol. The van der Waals surface area contributed by atoms with Gasteiger partial charge in [-0.15, -0.1) is 0 Å². The van der Waals surface area contributed by atoms with Gasteiger partial charge in [0, 0.05) is 6.42 Å². The van der Waals surface area contributed by atoms with Crippen molar-refractivity contribution in [2.75, 3.05) is 0 Å². The van der Waals surface area contributed by atoms with Crippen LogP contribution in [0.25, 0.3) is 11.0 Å². The fourth-order valence-corrected chi connectivity index (χ4v) is 3.49. The molecule has 2 heterocycles. The van der Waals surface area contributed by atoms with Gasteiger partial charge >= 0.3 is 0 Å². The number of hydrogen-bond donors (Lipinski definition) is 0. The number of rotatable bonds is 1. The third-order valence-corrected chi connectivity index (χ3v) is 4.53. The normalized spacial score (nSPS) is 17.3. The van der Waals surface area contributed by atoms with Crippen molar-refractivity contribution in [2.24, 2.45) is 0 Å². The Morgan fingerprint density at radius 2 is 2.00 bits per heavy atom. The molecule has 0 spiro atoms. The topological polar surface area (TPSA) is 17.8 Å². The smallest absolute Gasteiger partial charge is 0.113 e. The first-order chi connectivity index (χ1) is 10.1. The lowest BCUT2D eigenvalue weighted by Crippen LogP contribution is -2.09. The Balaban J connectivity index is 1.94. The molecule has 2 radical (unpaired) electrons. The molecule has 3 heteroatoms. The molecule has 2 nitrogen and oxygen atoms in total. The fourth-order valence-electron chi connectivity index (χ4n) is 3.49. The average Bonchev–Trinajstić information content (AvgIpc) is 3.01. The molecular formula is C18H17BN2. The van der Waals surface area contributed by atoms with E-state index in [1.807, 2.05) is 12.1 Å². The summed E-state index contributed by atoms with van der Waals surface area (Å²) in [4.78, 5) is 4.77. The number of imidazole rings is 1. The summed E-state index contributed by atoms with van der Waals surface area (Å²) in [6, 6.07) is 13.1. The monoisotopic (exact) mass is 272 g/mol. The molecule has 1 atom stereocenters. The first-order valence-corrected chi connectivity index (χ1v) is 7.47. The van der Waals surface area contributed by atoms with E-state index in [4.69, 9.17) is 12.8 Å². The summed E-state index contributed by atoms with van der Waals surface area (Å²) in [6.45, 7) is 4.35. The molecule has 1 aromatic heterocycles. The molecule has 3 aromatic rings. The number of nitrogens with zero attached hydrogens (tertiary/aromatic N) is 2. The molecule has 4 rings (SSSR count). The van der Waals surface area contributed by atoms with Crippen LogP contribution in [-0.2, 0) is 6.42 Å². The van der Waals surface area contributed by atoms with E-state index < -0.39 is 0 Å².